The lowest BCUT2D eigenvalue weighted by molar-refractivity contribution is -0.150. The van der Waals surface area contributed by atoms with Crippen LogP contribution in [0.15, 0.2) is 18.2 Å². The molecule has 0 heterocycles. The van der Waals surface area contributed by atoms with Crippen LogP contribution < -0.4 is 10.5 Å². The molecule has 5 heteroatoms. The third kappa shape index (κ3) is 4.87. The Morgan fingerprint density at radius 2 is 2.11 bits per heavy atom. The van der Waals surface area contributed by atoms with E-state index in [0.717, 1.165) is 0 Å². The van der Waals surface area contributed by atoms with E-state index in [1.807, 2.05) is 6.92 Å². The van der Waals surface area contributed by atoms with E-state index >= 15 is 0 Å². The molecule has 2 atom stereocenters. The smallest absolute Gasteiger partial charge is 0.347 e. The largest absolute Gasteiger partial charge is 0.479 e. The first kappa shape index (κ1) is 15.4. The normalized spacial score (nSPS) is 13.7. The lowest BCUT2D eigenvalue weighted by atomic mass is 10.1. The molecule has 0 saturated heterocycles. The highest BCUT2D eigenvalue weighted by Crippen LogP contribution is 2.22. The van der Waals surface area contributed by atoms with Gasteiger partial charge < -0.3 is 15.2 Å². The molecule has 0 aliphatic rings. The van der Waals surface area contributed by atoms with Crippen molar-refractivity contribution in [3.05, 3.63) is 29.6 Å². The Kier molecular flexibility index (Phi) is 5.76. The highest BCUT2D eigenvalue weighted by Gasteiger charge is 2.18. The lowest BCUT2D eigenvalue weighted by Gasteiger charge is -2.17. The molecule has 0 aliphatic carbocycles. The molecule has 1 rings (SSSR count). The maximum atomic E-state index is 13.2. The number of hydrogen-bond acceptors (Lipinski definition) is 4. The molecule has 1 aromatic carbocycles. The predicted octanol–water partition coefficient (Wildman–Crippen LogP) is 2.05. The summed E-state index contributed by atoms with van der Waals surface area (Å²) < 4.78 is 23.6. The fourth-order valence-corrected chi connectivity index (χ4v) is 1.67. The van der Waals surface area contributed by atoms with Crippen molar-refractivity contribution in [3.8, 4) is 5.75 Å². The van der Waals surface area contributed by atoms with Crippen LogP contribution in [0.3, 0.4) is 0 Å². The zero-order chi connectivity index (χ0) is 14.4. The summed E-state index contributed by atoms with van der Waals surface area (Å²) in [6.45, 7) is 5.44. The van der Waals surface area contributed by atoms with Crippen molar-refractivity contribution in [2.24, 2.45) is 5.73 Å². The Bertz CT molecular complexity index is 435. The number of ether oxygens (including phenoxy) is 2. The zero-order valence-electron chi connectivity index (χ0n) is 11.5. The van der Waals surface area contributed by atoms with Gasteiger partial charge in [0.1, 0.15) is 11.6 Å². The summed E-state index contributed by atoms with van der Waals surface area (Å²) in [7, 11) is 0. The first-order chi connectivity index (χ1) is 8.93. The summed E-state index contributed by atoms with van der Waals surface area (Å²) >= 11 is 0. The first-order valence-corrected chi connectivity index (χ1v) is 6.31. The summed E-state index contributed by atoms with van der Waals surface area (Å²) in [5.74, 6) is -0.343. The van der Waals surface area contributed by atoms with Gasteiger partial charge >= 0.3 is 5.97 Å². The maximum Gasteiger partial charge on any atom is 0.347 e. The standard InChI is InChI=1S/C14H20FNO3/c1-4-18-14(17)10(3)19-13-6-5-12(15)8-11(13)7-9(2)16/h5-6,8-10H,4,7,16H2,1-3H3. The second kappa shape index (κ2) is 7.09. The molecule has 2 unspecified atom stereocenters. The minimum absolute atomic E-state index is 0.123. The molecule has 106 valence electrons. The van der Waals surface area contributed by atoms with E-state index in [-0.39, 0.29) is 11.9 Å². The maximum absolute atomic E-state index is 13.2. The Balaban J connectivity index is 2.84. The monoisotopic (exact) mass is 269 g/mol. The molecule has 0 bridgehead atoms. The van der Waals surface area contributed by atoms with Gasteiger partial charge in [0.25, 0.3) is 0 Å². The van der Waals surface area contributed by atoms with Crippen LogP contribution in [0.5, 0.6) is 5.75 Å². The van der Waals surface area contributed by atoms with Gasteiger partial charge in [-0.15, -0.1) is 0 Å². The highest BCUT2D eigenvalue weighted by atomic mass is 19.1. The van der Waals surface area contributed by atoms with Gasteiger partial charge in [-0.1, -0.05) is 0 Å². The van der Waals surface area contributed by atoms with E-state index in [1.165, 1.54) is 18.2 Å². The van der Waals surface area contributed by atoms with Crippen LogP contribution in [0.1, 0.15) is 26.3 Å². The summed E-state index contributed by atoms with van der Waals surface area (Å²) in [4.78, 5) is 11.5. The Morgan fingerprint density at radius 3 is 2.68 bits per heavy atom. The van der Waals surface area contributed by atoms with E-state index < -0.39 is 12.1 Å². The number of carbonyl (C=O) groups is 1. The third-order valence-electron chi connectivity index (χ3n) is 2.49. The molecule has 0 saturated carbocycles. The Hall–Kier alpha value is -1.62. The number of nitrogens with two attached hydrogens (primary N) is 1. The summed E-state index contributed by atoms with van der Waals surface area (Å²) in [5.41, 5.74) is 6.36. The molecule has 19 heavy (non-hydrogen) atoms. The Labute approximate surface area is 112 Å². The average Bonchev–Trinajstić information content (AvgIpc) is 2.32. The molecule has 0 aliphatic heterocycles. The van der Waals surface area contributed by atoms with Gasteiger partial charge in [0.2, 0.25) is 0 Å². The van der Waals surface area contributed by atoms with E-state index in [1.54, 1.807) is 13.8 Å². The van der Waals surface area contributed by atoms with E-state index in [0.29, 0.717) is 24.3 Å². The minimum atomic E-state index is -0.739. The van der Waals surface area contributed by atoms with Crippen LogP contribution in [-0.2, 0) is 16.0 Å². The number of halogens is 1. The molecule has 0 fully saturated rings. The quantitative estimate of drug-likeness (QED) is 0.803. The number of esters is 1. The topological polar surface area (TPSA) is 61.5 Å². The van der Waals surface area contributed by atoms with Crippen molar-refractivity contribution in [1.29, 1.82) is 0 Å². The molecule has 0 radical (unpaired) electrons. The minimum Gasteiger partial charge on any atom is -0.479 e. The van der Waals surface area contributed by atoms with Crippen LogP contribution in [0.4, 0.5) is 4.39 Å². The van der Waals surface area contributed by atoms with E-state index in [9.17, 15) is 9.18 Å². The lowest BCUT2D eigenvalue weighted by Crippen LogP contribution is -2.27. The van der Waals surface area contributed by atoms with E-state index in [4.69, 9.17) is 15.2 Å². The summed E-state index contributed by atoms with van der Waals surface area (Å²) in [6, 6.07) is 4.04. The number of benzene rings is 1. The number of carbonyl (C=O) groups excluding carboxylic acids is 1. The van der Waals surface area contributed by atoms with Crippen LogP contribution in [0.2, 0.25) is 0 Å². The van der Waals surface area contributed by atoms with Gasteiger partial charge in [0.05, 0.1) is 6.61 Å². The fraction of sp³-hybridized carbons (Fsp3) is 0.500. The molecular weight excluding hydrogens is 249 g/mol. The van der Waals surface area contributed by atoms with Crippen molar-refractivity contribution in [3.63, 3.8) is 0 Å². The molecule has 4 nitrogen and oxygen atoms in total. The van der Waals surface area contributed by atoms with Gasteiger partial charge in [-0.2, -0.15) is 0 Å². The van der Waals surface area contributed by atoms with Gasteiger partial charge in [-0.3, -0.25) is 0 Å². The van der Waals surface area contributed by atoms with Gasteiger partial charge in [0, 0.05) is 6.04 Å². The van der Waals surface area contributed by atoms with E-state index in [2.05, 4.69) is 0 Å². The van der Waals surface area contributed by atoms with Crippen molar-refractivity contribution >= 4 is 5.97 Å². The fourth-order valence-electron chi connectivity index (χ4n) is 1.67. The van der Waals surface area contributed by atoms with Crippen LogP contribution in [0.25, 0.3) is 0 Å². The molecule has 0 aromatic heterocycles. The van der Waals surface area contributed by atoms with Crippen molar-refractivity contribution in [2.45, 2.75) is 39.3 Å². The van der Waals surface area contributed by atoms with Crippen molar-refractivity contribution in [1.82, 2.24) is 0 Å². The summed E-state index contributed by atoms with van der Waals surface area (Å²) in [6.07, 6.45) is -0.264. The summed E-state index contributed by atoms with van der Waals surface area (Å²) in [5, 5.41) is 0. The van der Waals surface area contributed by atoms with Crippen LogP contribution in [0, 0.1) is 5.82 Å². The predicted molar refractivity (Wildman–Crippen MR) is 70.5 cm³/mol. The molecule has 2 N–H and O–H groups in total. The van der Waals surface area contributed by atoms with Gasteiger partial charge in [-0.25, -0.2) is 9.18 Å². The highest BCUT2D eigenvalue weighted by molar-refractivity contribution is 5.74. The van der Waals surface area contributed by atoms with Crippen molar-refractivity contribution < 1.29 is 18.7 Å². The molecule has 0 amide bonds. The molecule has 1 aromatic rings. The van der Waals surface area contributed by atoms with Crippen LogP contribution >= 0.6 is 0 Å². The molecule has 0 spiro atoms. The third-order valence-corrected chi connectivity index (χ3v) is 2.49. The van der Waals surface area contributed by atoms with Crippen molar-refractivity contribution in [2.75, 3.05) is 6.61 Å². The van der Waals surface area contributed by atoms with Gasteiger partial charge in [-0.05, 0) is 51.0 Å². The second-order valence-electron chi connectivity index (χ2n) is 4.45. The first-order valence-electron chi connectivity index (χ1n) is 6.31. The average molecular weight is 269 g/mol. The second-order valence-corrected chi connectivity index (χ2v) is 4.45. The Morgan fingerprint density at radius 1 is 1.42 bits per heavy atom. The SMILES string of the molecule is CCOC(=O)C(C)Oc1ccc(F)cc1CC(C)N. The zero-order valence-corrected chi connectivity index (χ0v) is 11.5. The number of hydrogen-bond donors (Lipinski definition) is 1. The molecular formula is C14H20FNO3. The number of rotatable bonds is 6. The van der Waals surface area contributed by atoms with Gasteiger partial charge in [0.15, 0.2) is 6.10 Å². The van der Waals surface area contributed by atoms with Crippen LogP contribution in [-0.4, -0.2) is 24.7 Å².